The molecule has 0 saturated carbocycles. The Kier molecular flexibility index (Phi) is 5.81. The molecule has 2 aliphatic rings. The molecule has 0 unspecified atom stereocenters. The third-order valence-electron chi connectivity index (χ3n) is 5.14. The average molecular weight is 378 g/mol. The molecule has 0 spiro atoms. The molecular weight excluding hydrogens is 354 g/mol. The second-order valence-corrected chi connectivity index (χ2v) is 7.35. The summed E-state index contributed by atoms with van der Waals surface area (Å²) in [5, 5.41) is 2.66. The first-order chi connectivity index (χ1) is 12.5. The zero-order valence-electron chi connectivity index (χ0n) is 15.0. The highest BCUT2D eigenvalue weighted by molar-refractivity contribution is 6.34. The van der Waals surface area contributed by atoms with Gasteiger partial charge in [-0.15, -0.1) is 0 Å². The minimum Gasteiger partial charge on any atom is -0.339 e. The van der Waals surface area contributed by atoms with Crippen molar-refractivity contribution >= 4 is 35.1 Å². The van der Waals surface area contributed by atoms with Gasteiger partial charge in [0.25, 0.3) is 5.91 Å². The van der Waals surface area contributed by atoms with Crippen molar-refractivity contribution in [1.82, 2.24) is 10.2 Å². The van der Waals surface area contributed by atoms with Gasteiger partial charge in [0.15, 0.2) is 0 Å². The number of hydrogen-bond donors (Lipinski definition) is 1. The van der Waals surface area contributed by atoms with Gasteiger partial charge in [-0.05, 0) is 37.0 Å². The fourth-order valence-corrected chi connectivity index (χ4v) is 3.88. The van der Waals surface area contributed by atoms with Crippen LogP contribution in [0.15, 0.2) is 18.2 Å². The van der Waals surface area contributed by atoms with E-state index in [4.69, 9.17) is 11.6 Å². The minimum absolute atomic E-state index is 0.0358. The molecule has 6 nitrogen and oxygen atoms in total. The number of anilines is 1. The number of imide groups is 1. The van der Waals surface area contributed by atoms with Crippen molar-refractivity contribution < 1.29 is 14.4 Å². The summed E-state index contributed by atoms with van der Waals surface area (Å²) in [6.45, 7) is 3.97. The average Bonchev–Trinajstić information content (AvgIpc) is 2.63. The summed E-state index contributed by atoms with van der Waals surface area (Å²) >= 11 is 6.24. The third-order valence-corrected chi connectivity index (χ3v) is 5.46. The molecule has 2 saturated heterocycles. The maximum atomic E-state index is 12.9. The molecule has 2 fully saturated rings. The molecule has 7 heteroatoms. The Bertz CT molecular complexity index is 714. The minimum atomic E-state index is -0.506. The number of nitrogens with zero attached hydrogens (tertiary/aromatic N) is 2. The number of hydrogen-bond acceptors (Lipinski definition) is 3. The van der Waals surface area contributed by atoms with Gasteiger partial charge in [0.1, 0.15) is 0 Å². The van der Waals surface area contributed by atoms with Crippen LogP contribution < -0.4 is 10.2 Å². The van der Waals surface area contributed by atoms with Crippen molar-refractivity contribution in [3.05, 3.63) is 28.8 Å². The molecule has 26 heavy (non-hydrogen) atoms. The van der Waals surface area contributed by atoms with E-state index in [0.29, 0.717) is 22.2 Å². The molecule has 0 aliphatic carbocycles. The van der Waals surface area contributed by atoms with E-state index >= 15 is 0 Å². The van der Waals surface area contributed by atoms with E-state index < -0.39 is 6.03 Å². The van der Waals surface area contributed by atoms with Gasteiger partial charge < -0.3 is 4.90 Å². The number of likely N-dealkylation sites (tertiary alicyclic amines) is 1. The highest BCUT2D eigenvalue weighted by Crippen LogP contribution is 2.30. The van der Waals surface area contributed by atoms with E-state index in [2.05, 4.69) is 12.2 Å². The number of halogens is 1. The Labute approximate surface area is 158 Å². The monoisotopic (exact) mass is 377 g/mol. The van der Waals surface area contributed by atoms with Crippen molar-refractivity contribution in [2.75, 3.05) is 24.5 Å². The number of carbonyl (C=O) groups is 3. The fourth-order valence-electron chi connectivity index (χ4n) is 3.66. The van der Waals surface area contributed by atoms with E-state index in [1.807, 2.05) is 4.90 Å². The number of urea groups is 1. The molecule has 2 aliphatic heterocycles. The highest BCUT2D eigenvalue weighted by atomic mass is 35.5. The van der Waals surface area contributed by atoms with Gasteiger partial charge in [0, 0.05) is 31.6 Å². The van der Waals surface area contributed by atoms with Crippen molar-refractivity contribution in [3.8, 4) is 0 Å². The molecule has 1 N–H and O–H groups in total. The van der Waals surface area contributed by atoms with Gasteiger partial charge in [0.05, 0.1) is 10.7 Å². The first-order valence-corrected chi connectivity index (χ1v) is 9.57. The van der Waals surface area contributed by atoms with Crippen LogP contribution in [0.25, 0.3) is 0 Å². The number of rotatable bonds is 4. The summed E-state index contributed by atoms with van der Waals surface area (Å²) in [7, 11) is 0. The lowest BCUT2D eigenvalue weighted by Crippen LogP contribution is -2.49. The lowest BCUT2D eigenvalue weighted by atomic mass is 9.92. The van der Waals surface area contributed by atoms with Crippen LogP contribution in [0.4, 0.5) is 10.5 Å². The van der Waals surface area contributed by atoms with Crippen LogP contribution in [0.2, 0.25) is 5.02 Å². The van der Waals surface area contributed by atoms with Gasteiger partial charge in [-0.3, -0.25) is 19.8 Å². The maximum Gasteiger partial charge on any atom is 0.328 e. The molecule has 0 aromatic heterocycles. The van der Waals surface area contributed by atoms with Gasteiger partial charge in [-0.2, -0.15) is 0 Å². The summed E-state index contributed by atoms with van der Waals surface area (Å²) in [6, 6.07) is 4.47. The Hall–Kier alpha value is -2.08. The molecule has 1 aromatic rings. The molecule has 0 radical (unpaired) electrons. The van der Waals surface area contributed by atoms with E-state index in [0.717, 1.165) is 25.9 Å². The lowest BCUT2D eigenvalue weighted by molar-refractivity contribution is -0.120. The van der Waals surface area contributed by atoms with Gasteiger partial charge in [-0.25, -0.2) is 4.79 Å². The molecule has 4 amide bonds. The zero-order chi connectivity index (χ0) is 18.7. The maximum absolute atomic E-state index is 12.9. The standard InChI is InChI=1S/C19H24ClN3O3/c1-2-3-13-6-9-22(10-7-13)18(25)14-4-5-15(20)16(12-14)23-11-8-17(24)21-19(23)26/h4-5,12-13H,2-3,6-11H2,1H3,(H,21,24,26). The molecule has 140 valence electrons. The number of amides is 4. The number of piperidine rings is 1. The van der Waals surface area contributed by atoms with Crippen molar-refractivity contribution in [1.29, 1.82) is 0 Å². The van der Waals surface area contributed by atoms with Gasteiger partial charge in [-0.1, -0.05) is 31.4 Å². The van der Waals surface area contributed by atoms with Crippen LogP contribution in [0.5, 0.6) is 0 Å². The highest BCUT2D eigenvalue weighted by Gasteiger charge is 2.28. The number of nitrogens with one attached hydrogen (secondary N) is 1. The van der Waals surface area contributed by atoms with Crippen LogP contribution in [0.1, 0.15) is 49.4 Å². The van der Waals surface area contributed by atoms with E-state index in [1.165, 1.54) is 17.7 Å². The fraction of sp³-hybridized carbons (Fsp3) is 0.526. The summed E-state index contributed by atoms with van der Waals surface area (Å²) in [4.78, 5) is 39.6. The molecular formula is C19H24ClN3O3. The Morgan fingerprint density at radius 2 is 1.96 bits per heavy atom. The predicted molar refractivity (Wildman–Crippen MR) is 100 cm³/mol. The first-order valence-electron chi connectivity index (χ1n) is 9.19. The first kappa shape index (κ1) is 18.7. The summed E-state index contributed by atoms with van der Waals surface area (Å²) in [5.74, 6) is 0.371. The van der Waals surface area contributed by atoms with Crippen LogP contribution in [0.3, 0.4) is 0 Å². The largest absolute Gasteiger partial charge is 0.339 e. The lowest BCUT2D eigenvalue weighted by Gasteiger charge is -2.32. The van der Waals surface area contributed by atoms with Gasteiger partial charge in [0.2, 0.25) is 5.91 Å². The normalized spacial score (nSPS) is 18.8. The van der Waals surface area contributed by atoms with Crippen LogP contribution >= 0.6 is 11.6 Å². The summed E-state index contributed by atoms with van der Waals surface area (Å²) in [5.41, 5.74) is 0.978. The topological polar surface area (TPSA) is 69.7 Å². The van der Waals surface area contributed by atoms with Crippen molar-refractivity contribution in [3.63, 3.8) is 0 Å². The number of carbonyl (C=O) groups excluding carboxylic acids is 3. The SMILES string of the molecule is CCCC1CCN(C(=O)c2ccc(Cl)c(N3CCC(=O)NC3=O)c2)CC1. The molecule has 1 aromatic carbocycles. The third kappa shape index (κ3) is 4.01. The molecule has 2 heterocycles. The van der Waals surface area contributed by atoms with Crippen molar-refractivity contribution in [2.24, 2.45) is 5.92 Å². The van der Waals surface area contributed by atoms with Crippen LogP contribution in [-0.4, -0.2) is 42.4 Å². The summed E-state index contributed by atoms with van der Waals surface area (Å²) < 4.78 is 0. The predicted octanol–water partition coefficient (Wildman–Crippen LogP) is 3.44. The molecule has 3 rings (SSSR count). The van der Waals surface area contributed by atoms with Crippen LogP contribution in [-0.2, 0) is 4.79 Å². The zero-order valence-corrected chi connectivity index (χ0v) is 15.7. The van der Waals surface area contributed by atoms with Crippen molar-refractivity contribution in [2.45, 2.75) is 39.0 Å². The Morgan fingerprint density at radius 3 is 2.62 bits per heavy atom. The van der Waals surface area contributed by atoms with E-state index in [1.54, 1.807) is 18.2 Å². The molecule has 0 bridgehead atoms. The Morgan fingerprint density at radius 1 is 1.23 bits per heavy atom. The van der Waals surface area contributed by atoms with Gasteiger partial charge >= 0.3 is 6.03 Å². The quantitative estimate of drug-likeness (QED) is 0.873. The smallest absolute Gasteiger partial charge is 0.328 e. The van der Waals surface area contributed by atoms with E-state index in [-0.39, 0.29) is 24.8 Å². The summed E-state index contributed by atoms with van der Waals surface area (Å²) in [6.07, 6.45) is 4.69. The second-order valence-electron chi connectivity index (χ2n) is 6.95. The van der Waals surface area contributed by atoms with E-state index in [9.17, 15) is 14.4 Å². The van der Waals surface area contributed by atoms with Crippen LogP contribution in [0, 0.1) is 5.92 Å². The second kappa shape index (κ2) is 8.08. The Balaban J connectivity index is 1.74. The number of benzene rings is 1. The molecule has 0 atom stereocenters.